The molecule has 0 unspecified atom stereocenters. The molecule has 4 nitrogen and oxygen atoms in total. The van der Waals surface area contributed by atoms with E-state index in [0.717, 1.165) is 22.3 Å². The summed E-state index contributed by atoms with van der Waals surface area (Å²) >= 11 is 0. The second kappa shape index (κ2) is 4.77. The molecule has 1 heterocycles. The van der Waals surface area contributed by atoms with Crippen LogP contribution in [0.1, 0.15) is 5.69 Å². The number of nitrogens with zero attached hydrogens (tertiary/aromatic N) is 1. The first-order chi connectivity index (χ1) is 8.19. The number of rotatable bonds is 4. The van der Waals surface area contributed by atoms with Gasteiger partial charge in [0.15, 0.2) is 0 Å². The first kappa shape index (κ1) is 12.0. The molecular formula is C13H18N2O2. The van der Waals surface area contributed by atoms with Gasteiger partial charge in [-0.25, -0.2) is 0 Å². The second-order valence-electron chi connectivity index (χ2n) is 4.27. The number of aliphatic hydroxyl groups excluding tert-OH is 2. The van der Waals surface area contributed by atoms with E-state index in [1.807, 2.05) is 43.1 Å². The summed E-state index contributed by atoms with van der Waals surface area (Å²) in [6.07, 6.45) is 0. The molecule has 0 radical (unpaired) electrons. The van der Waals surface area contributed by atoms with Gasteiger partial charge in [-0.3, -0.25) is 0 Å². The van der Waals surface area contributed by atoms with Crippen LogP contribution >= 0.6 is 0 Å². The third-order valence-electron chi connectivity index (χ3n) is 3.18. The number of para-hydroxylation sites is 1. The van der Waals surface area contributed by atoms with E-state index in [-0.39, 0.29) is 19.3 Å². The van der Waals surface area contributed by atoms with E-state index in [0.29, 0.717) is 0 Å². The molecule has 0 aliphatic rings. The van der Waals surface area contributed by atoms with Gasteiger partial charge in [0.2, 0.25) is 0 Å². The van der Waals surface area contributed by atoms with Crippen molar-refractivity contribution in [1.82, 2.24) is 4.98 Å². The van der Waals surface area contributed by atoms with E-state index < -0.39 is 0 Å². The second-order valence-corrected chi connectivity index (χ2v) is 4.27. The smallest absolute Gasteiger partial charge is 0.0749 e. The highest BCUT2D eigenvalue weighted by Gasteiger charge is 2.18. The number of aryl methyl sites for hydroxylation is 1. The minimum Gasteiger partial charge on any atom is -0.394 e. The third-order valence-corrected chi connectivity index (χ3v) is 3.18. The number of aromatic amines is 1. The minimum absolute atomic E-state index is 0.0635. The molecule has 1 aromatic heterocycles. The molecule has 0 saturated carbocycles. The summed E-state index contributed by atoms with van der Waals surface area (Å²) in [7, 11) is 1.89. The molecule has 0 fully saturated rings. The summed E-state index contributed by atoms with van der Waals surface area (Å²) in [5.41, 5.74) is 3.15. The monoisotopic (exact) mass is 234 g/mol. The number of benzene rings is 1. The molecule has 0 bridgehead atoms. The Labute approximate surface area is 100 Å². The van der Waals surface area contributed by atoms with Gasteiger partial charge in [0.25, 0.3) is 0 Å². The van der Waals surface area contributed by atoms with Crippen molar-refractivity contribution in [2.75, 3.05) is 25.2 Å². The number of hydrogen-bond acceptors (Lipinski definition) is 3. The van der Waals surface area contributed by atoms with Crippen molar-refractivity contribution < 1.29 is 10.2 Å². The predicted octanol–water partition coefficient (Wildman–Crippen LogP) is 1.27. The summed E-state index contributed by atoms with van der Waals surface area (Å²) in [5, 5.41) is 19.6. The van der Waals surface area contributed by atoms with Crippen molar-refractivity contribution in [2.24, 2.45) is 0 Å². The van der Waals surface area contributed by atoms with Crippen LogP contribution in [0.4, 0.5) is 5.69 Å². The van der Waals surface area contributed by atoms with Gasteiger partial charge in [0.05, 0.1) is 24.9 Å². The summed E-state index contributed by atoms with van der Waals surface area (Å²) in [6.45, 7) is 1.87. The minimum atomic E-state index is -0.270. The lowest BCUT2D eigenvalue weighted by molar-refractivity contribution is 0.191. The van der Waals surface area contributed by atoms with Crippen molar-refractivity contribution in [3.63, 3.8) is 0 Å². The highest BCUT2D eigenvalue weighted by atomic mass is 16.3. The number of fused-ring (bicyclic) bond motifs is 1. The average Bonchev–Trinajstić information content (AvgIpc) is 2.66. The first-order valence-electron chi connectivity index (χ1n) is 5.71. The average molecular weight is 234 g/mol. The van der Waals surface area contributed by atoms with Crippen molar-refractivity contribution >= 4 is 16.6 Å². The summed E-state index contributed by atoms with van der Waals surface area (Å²) in [5.74, 6) is 0. The third kappa shape index (κ3) is 2.01. The Bertz CT molecular complexity index is 503. The Hall–Kier alpha value is -1.52. The van der Waals surface area contributed by atoms with E-state index in [4.69, 9.17) is 0 Å². The Morgan fingerprint density at radius 1 is 1.24 bits per heavy atom. The molecule has 0 saturated heterocycles. The van der Waals surface area contributed by atoms with Crippen LogP contribution in [-0.2, 0) is 0 Å². The topological polar surface area (TPSA) is 59.5 Å². The Morgan fingerprint density at radius 2 is 1.88 bits per heavy atom. The highest BCUT2D eigenvalue weighted by molar-refractivity contribution is 5.94. The lowest BCUT2D eigenvalue weighted by atomic mass is 10.2. The van der Waals surface area contributed by atoms with Gasteiger partial charge in [-0.1, -0.05) is 18.2 Å². The number of nitrogens with one attached hydrogen (secondary N) is 1. The van der Waals surface area contributed by atoms with Gasteiger partial charge in [-0.05, 0) is 13.0 Å². The van der Waals surface area contributed by atoms with Crippen molar-refractivity contribution in [3.05, 3.63) is 30.0 Å². The van der Waals surface area contributed by atoms with Crippen LogP contribution in [0.3, 0.4) is 0 Å². The first-order valence-corrected chi connectivity index (χ1v) is 5.71. The standard InChI is InChI=1S/C13H18N2O2/c1-9-13(15(2)10(7-16)8-17)11-5-3-4-6-12(11)14-9/h3-6,10,14,16-17H,7-8H2,1-2H3. The normalized spacial score (nSPS) is 11.4. The van der Waals surface area contributed by atoms with E-state index in [9.17, 15) is 10.2 Å². The van der Waals surface area contributed by atoms with Crippen LogP contribution in [0.25, 0.3) is 10.9 Å². The number of H-pyrrole nitrogens is 1. The fraction of sp³-hybridized carbons (Fsp3) is 0.385. The number of anilines is 1. The zero-order valence-corrected chi connectivity index (χ0v) is 10.1. The molecule has 0 aliphatic carbocycles. The molecule has 1 aromatic carbocycles. The molecule has 0 spiro atoms. The predicted molar refractivity (Wildman–Crippen MR) is 69.4 cm³/mol. The molecular weight excluding hydrogens is 216 g/mol. The van der Waals surface area contributed by atoms with Gasteiger partial charge < -0.3 is 20.1 Å². The molecule has 92 valence electrons. The SMILES string of the molecule is Cc1[nH]c2ccccc2c1N(C)C(CO)CO. The molecule has 4 heteroatoms. The summed E-state index contributed by atoms with van der Waals surface area (Å²) < 4.78 is 0. The number of likely N-dealkylation sites (N-methyl/N-ethyl adjacent to an activating group) is 1. The van der Waals surface area contributed by atoms with Gasteiger partial charge in [-0.2, -0.15) is 0 Å². The maximum Gasteiger partial charge on any atom is 0.0749 e. The lowest BCUT2D eigenvalue weighted by Gasteiger charge is -2.27. The van der Waals surface area contributed by atoms with Crippen molar-refractivity contribution in [1.29, 1.82) is 0 Å². The van der Waals surface area contributed by atoms with Crippen LogP contribution in [0.15, 0.2) is 24.3 Å². The van der Waals surface area contributed by atoms with Crippen LogP contribution in [0.2, 0.25) is 0 Å². The highest BCUT2D eigenvalue weighted by Crippen LogP contribution is 2.30. The zero-order chi connectivity index (χ0) is 12.4. The largest absolute Gasteiger partial charge is 0.394 e. The molecule has 17 heavy (non-hydrogen) atoms. The van der Waals surface area contributed by atoms with Crippen LogP contribution < -0.4 is 4.90 Å². The van der Waals surface area contributed by atoms with E-state index in [2.05, 4.69) is 4.98 Å². The van der Waals surface area contributed by atoms with Crippen LogP contribution in [0.5, 0.6) is 0 Å². The fourth-order valence-corrected chi connectivity index (χ4v) is 2.20. The maximum absolute atomic E-state index is 9.25. The molecule has 0 aliphatic heterocycles. The maximum atomic E-state index is 9.25. The van der Waals surface area contributed by atoms with Crippen molar-refractivity contribution in [2.45, 2.75) is 13.0 Å². The van der Waals surface area contributed by atoms with E-state index >= 15 is 0 Å². The van der Waals surface area contributed by atoms with Crippen LogP contribution in [0, 0.1) is 6.92 Å². The van der Waals surface area contributed by atoms with E-state index in [1.165, 1.54) is 0 Å². The summed E-state index contributed by atoms with van der Waals surface area (Å²) in [4.78, 5) is 5.23. The van der Waals surface area contributed by atoms with Gasteiger partial charge in [0.1, 0.15) is 0 Å². The van der Waals surface area contributed by atoms with Gasteiger partial charge >= 0.3 is 0 Å². The quantitative estimate of drug-likeness (QED) is 0.746. The fourth-order valence-electron chi connectivity index (χ4n) is 2.20. The molecule has 0 amide bonds. The Balaban J connectivity index is 2.50. The van der Waals surface area contributed by atoms with Gasteiger partial charge in [-0.15, -0.1) is 0 Å². The van der Waals surface area contributed by atoms with Crippen LogP contribution in [-0.4, -0.2) is 41.5 Å². The summed E-state index contributed by atoms with van der Waals surface area (Å²) in [6, 6.07) is 7.76. The Kier molecular flexibility index (Phi) is 3.36. The van der Waals surface area contributed by atoms with Crippen molar-refractivity contribution in [3.8, 4) is 0 Å². The lowest BCUT2D eigenvalue weighted by Crippen LogP contribution is -2.38. The zero-order valence-electron chi connectivity index (χ0n) is 10.1. The molecule has 2 rings (SSSR count). The molecule has 3 N–H and O–H groups in total. The molecule has 2 aromatic rings. The number of hydrogen-bond donors (Lipinski definition) is 3. The Morgan fingerprint density at radius 3 is 2.53 bits per heavy atom. The van der Waals surface area contributed by atoms with E-state index in [1.54, 1.807) is 0 Å². The molecule has 0 atom stereocenters. The number of aromatic nitrogens is 1. The van der Waals surface area contributed by atoms with Gasteiger partial charge in [0, 0.05) is 23.6 Å². The number of aliphatic hydroxyl groups is 2.